The predicted octanol–water partition coefficient (Wildman–Crippen LogP) is 5.30. The van der Waals surface area contributed by atoms with Crippen LogP contribution in [-0.2, 0) is 11.2 Å². The number of hydrogen-bond acceptors (Lipinski definition) is 3. The second-order valence-electron chi connectivity index (χ2n) is 6.32. The molecule has 0 unspecified atom stereocenters. The molecule has 0 bridgehead atoms. The molecule has 24 heavy (non-hydrogen) atoms. The van der Waals surface area contributed by atoms with Crippen molar-refractivity contribution in [3.8, 4) is 0 Å². The number of aromatic nitrogens is 1. The van der Waals surface area contributed by atoms with Gasteiger partial charge in [0.2, 0.25) is 5.91 Å². The van der Waals surface area contributed by atoms with Gasteiger partial charge in [0.05, 0.1) is 15.2 Å². The maximum absolute atomic E-state index is 12.4. The van der Waals surface area contributed by atoms with E-state index >= 15 is 0 Å². The highest BCUT2D eigenvalue weighted by Gasteiger charge is 2.13. The zero-order valence-corrected chi connectivity index (χ0v) is 15.1. The summed E-state index contributed by atoms with van der Waals surface area (Å²) in [5.74, 6) is 0.426. The van der Waals surface area contributed by atoms with Gasteiger partial charge in [-0.05, 0) is 36.1 Å². The van der Waals surface area contributed by atoms with E-state index in [2.05, 4.69) is 36.3 Å². The van der Waals surface area contributed by atoms with Gasteiger partial charge in [0.1, 0.15) is 0 Å². The molecule has 0 aliphatic rings. The standard InChI is InChI=1S/C20H22N2OS/c1-13(2)15-8-6-7-14(3)20(15)22-18(23)11-12-19-21-16-9-4-5-10-17(16)24-19/h4-10,13H,11-12H2,1-3H3,(H,22,23). The van der Waals surface area contributed by atoms with Gasteiger partial charge in [-0.25, -0.2) is 4.98 Å². The number of thiazole rings is 1. The molecule has 1 heterocycles. The van der Waals surface area contributed by atoms with Crippen molar-refractivity contribution in [3.05, 3.63) is 58.6 Å². The lowest BCUT2D eigenvalue weighted by atomic mass is 9.98. The van der Waals surface area contributed by atoms with E-state index in [1.165, 1.54) is 10.3 Å². The summed E-state index contributed by atoms with van der Waals surface area (Å²) in [5.41, 5.74) is 4.26. The molecule has 3 rings (SSSR count). The first-order chi connectivity index (χ1) is 11.5. The number of carbonyl (C=O) groups excluding carboxylic acids is 1. The van der Waals surface area contributed by atoms with Crippen LogP contribution < -0.4 is 5.32 Å². The van der Waals surface area contributed by atoms with E-state index < -0.39 is 0 Å². The van der Waals surface area contributed by atoms with Crippen LogP contribution >= 0.6 is 11.3 Å². The van der Waals surface area contributed by atoms with Gasteiger partial charge in [-0.15, -0.1) is 11.3 Å². The van der Waals surface area contributed by atoms with Crippen molar-refractivity contribution in [2.45, 2.75) is 39.5 Å². The number of anilines is 1. The molecule has 3 aromatic rings. The van der Waals surface area contributed by atoms with Crippen LogP contribution in [-0.4, -0.2) is 10.9 Å². The second kappa shape index (κ2) is 7.14. The highest BCUT2D eigenvalue weighted by atomic mass is 32.1. The normalized spacial score (nSPS) is 11.2. The van der Waals surface area contributed by atoms with Crippen LogP contribution in [0.4, 0.5) is 5.69 Å². The molecule has 1 aromatic heterocycles. The Balaban J connectivity index is 1.68. The molecule has 0 fully saturated rings. The van der Waals surface area contributed by atoms with Gasteiger partial charge in [0.25, 0.3) is 0 Å². The molecule has 124 valence electrons. The molecule has 0 atom stereocenters. The lowest BCUT2D eigenvalue weighted by Gasteiger charge is -2.16. The SMILES string of the molecule is Cc1cccc(C(C)C)c1NC(=O)CCc1nc2ccccc2s1. The molecule has 0 saturated heterocycles. The third-order valence-electron chi connectivity index (χ3n) is 4.10. The fourth-order valence-electron chi connectivity index (χ4n) is 2.79. The van der Waals surface area contributed by atoms with Crippen molar-refractivity contribution in [3.63, 3.8) is 0 Å². The summed E-state index contributed by atoms with van der Waals surface area (Å²) >= 11 is 1.67. The van der Waals surface area contributed by atoms with E-state index in [4.69, 9.17) is 0 Å². The van der Waals surface area contributed by atoms with Crippen molar-refractivity contribution < 1.29 is 4.79 Å². The lowest BCUT2D eigenvalue weighted by molar-refractivity contribution is -0.116. The summed E-state index contributed by atoms with van der Waals surface area (Å²) in [6.07, 6.45) is 1.12. The molecule has 0 spiro atoms. The average Bonchev–Trinajstić information content (AvgIpc) is 2.97. The number of carbonyl (C=O) groups is 1. The van der Waals surface area contributed by atoms with Crippen LogP contribution in [0.2, 0.25) is 0 Å². The topological polar surface area (TPSA) is 42.0 Å². The van der Waals surface area contributed by atoms with Crippen LogP contribution in [0.5, 0.6) is 0 Å². The van der Waals surface area contributed by atoms with Gasteiger partial charge in [-0.3, -0.25) is 4.79 Å². The van der Waals surface area contributed by atoms with Gasteiger partial charge < -0.3 is 5.32 Å². The molecule has 1 amide bonds. The number of nitrogens with one attached hydrogen (secondary N) is 1. The summed E-state index contributed by atoms with van der Waals surface area (Å²) in [6, 6.07) is 14.3. The van der Waals surface area contributed by atoms with Crippen molar-refractivity contribution in [1.82, 2.24) is 4.98 Å². The smallest absolute Gasteiger partial charge is 0.224 e. The summed E-state index contributed by atoms with van der Waals surface area (Å²) in [4.78, 5) is 17.0. The highest BCUT2D eigenvalue weighted by Crippen LogP contribution is 2.28. The van der Waals surface area contributed by atoms with E-state index in [0.29, 0.717) is 18.8 Å². The number of para-hydroxylation sites is 2. The van der Waals surface area contributed by atoms with Crippen molar-refractivity contribution in [1.29, 1.82) is 0 Å². The first-order valence-electron chi connectivity index (χ1n) is 8.28. The Labute approximate surface area is 146 Å². The largest absolute Gasteiger partial charge is 0.326 e. The fourth-order valence-corrected chi connectivity index (χ4v) is 3.76. The molecular formula is C20H22N2OS. The molecule has 0 saturated carbocycles. The van der Waals surface area contributed by atoms with Crippen LogP contribution in [0.15, 0.2) is 42.5 Å². The molecule has 0 aliphatic carbocycles. The minimum atomic E-state index is 0.0467. The van der Waals surface area contributed by atoms with E-state index in [1.807, 2.05) is 37.3 Å². The number of rotatable bonds is 5. The van der Waals surface area contributed by atoms with Gasteiger partial charge in [-0.1, -0.05) is 44.2 Å². The van der Waals surface area contributed by atoms with Gasteiger partial charge in [0, 0.05) is 18.5 Å². The molecular weight excluding hydrogens is 316 g/mol. The van der Waals surface area contributed by atoms with Crippen LogP contribution in [0.3, 0.4) is 0 Å². The number of fused-ring (bicyclic) bond motifs is 1. The van der Waals surface area contributed by atoms with Gasteiger partial charge >= 0.3 is 0 Å². The highest BCUT2D eigenvalue weighted by molar-refractivity contribution is 7.18. The Morgan fingerprint density at radius 2 is 1.96 bits per heavy atom. The molecule has 3 nitrogen and oxygen atoms in total. The minimum Gasteiger partial charge on any atom is -0.326 e. The summed E-state index contributed by atoms with van der Waals surface area (Å²) in [6.45, 7) is 6.33. The first-order valence-corrected chi connectivity index (χ1v) is 9.10. The Morgan fingerprint density at radius 3 is 2.71 bits per heavy atom. The number of amides is 1. The number of hydrogen-bond donors (Lipinski definition) is 1. The van der Waals surface area contributed by atoms with Crippen molar-refractivity contribution >= 4 is 33.1 Å². The third kappa shape index (κ3) is 3.65. The summed E-state index contributed by atoms with van der Waals surface area (Å²) in [5, 5.41) is 4.12. The minimum absolute atomic E-state index is 0.0467. The molecule has 2 aromatic carbocycles. The fraction of sp³-hybridized carbons (Fsp3) is 0.300. The van der Waals surface area contributed by atoms with Gasteiger partial charge in [-0.2, -0.15) is 0 Å². The van der Waals surface area contributed by atoms with E-state index in [-0.39, 0.29) is 5.91 Å². The summed E-state index contributed by atoms with van der Waals surface area (Å²) in [7, 11) is 0. The Morgan fingerprint density at radius 1 is 1.17 bits per heavy atom. The predicted molar refractivity (Wildman–Crippen MR) is 102 cm³/mol. The zero-order valence-electron chi connectivity index (χ0n) is 14.3. The molecule has 0 aliphatic heterocycles. The Bertz CT molecular complexity index is 834. The quantitative estimate of drug-likeness (QED) is 0.686. The molecule has 4 heteroatoms. The zero-order chi connectivity index (χ0) is 17.1. The molecule has 0 radical (unpaired) electrons. The monoisotopic (exact) mass is 338 g/mol. The maximum atomic E-state index is 12.4. The van der Waals surface area contributed by atoms with E-state index in [0.717, 1.165) is 21.8 Å². The average molecular weight is 338 g/mol. The third-order valence-corrected chi connectivity index (χ3v) is 5.19. The van der Waals surface area contributed by atoms with Crippen molar-refractivity contribution in [2.75, 3.05) is 5.32 Å². The molecule has 1 N–H and O–H groups in total. The number of benzene rings is 2. The number of aryl methyl sites for hydroxylation is 2. The lowest BCUT2D eigenvalue weighted by Crippen LogP contribution is -2.15. The van der Waals surface area contributed by atoms with E-state index in [9.17, 15) is 4.79 Å². The maximum Gasteiger partial charge on any atom is 0.224 e. The first kappa shape index (κ1) is 16.7. The Kier molecular flexibility index (Phi) is 4.95. The van der Waals surface area contributed by atoms with Gasteiger partial charge in [0.15, 0.2) is 0 Å². The summed E-state index contributed by atoms with van der Waals surface area (Å²) < 4.78 is 1.17. The van der Waals surface area contributed by atoms with Crippen molar-refractivity contribution in [2.24, 2.45) is 0 Å². The number of nitrogens with zero attached hydrogens (tertiary/aromatic N) is 1. The van der Waals surface area contributed by atoms with Crippen LogP contribution in [0.1, 0.15) is 42.3 Å². The van der Waals surface area contributed by atoms with Crippen LogP contribution in [0.25, 0.3) is 10.2 Å². The van der Waals surface area contributed by atoms with E-state index in [1.54, 1.807) is 11.3 Å². The second-order valence-corrected chi connectivity index (χ2v) is 7.43. The van der Waals surface area contributed by atoms with Crippen LogP contribution in [0, 0.1) is 6.92 Å². The Hall–Kier alpha value is -2.20.